The van der Waals surface area contributed by atoms with E-state index in [2.05, 4.69) is 16.5 Å². The number of hydrogen-bond donors (Lipinski definition) is 1. The summed E-state index contributed by atoms with van der Waals surface area (Å²) in [4.78, 5) is 2.21. The monoisotopic (exact) mass is 288 g/mol. The molecule has 5 heteroatoms. The zero-order valence-electron chi connectivity index (χ0n) is 11.7. The number of nitrogens with zero attached hydrogens (tertiary/aromatic N) is 1. The van der Waals surface area contributed by atoms with Crippen molar-refractivity contribution in [2.24, 2.45) is 0 Å². The zero-order chi connectivity index (χ0) is 14.3. The van der Waals surface area contributed by atoms with Gasteiger partial charge in [0, 0.05) is 23.9 Å². The van der Waals surface area contributed by atoms with E-state index < -0.39 is 11.6 Å². The molecule has 0 bridgehead atoms. The first-order valence-corrected chi connectivity index (χ1v) is 7.78. The molecule has 1 rings (SSSR count). The summed E-state index contributed by atoms with van der Waals surface area (Å²) in [6.45, 7) is 1.85. The molecule has 19 heavy (non-hydrogen) atoms. The minimum absolute atomic E-state index is 0.160. The SMILES string of the molecule is CNC(CCN(C)CCSC)c1cccc(F)c1F. The average molecular weight is 288 g/mol. The summed E-state index contributed by atoms with van der Waals surface area (Å²) in [6, 6.07) is 4.18. The summed E-state index contributed by atoms with van der Waals surface area (Å²) in [5, 5.41) is 3.06. The first-order chi connectivity index (χ1) is 9.10. The minimum Gasteiger partial charge on any atom is -0.313 e. The van der Waals surface area contributed by atoms with Gasteiger partial charge in [-0.05, 0) is 39.4 Å². The van der Waals surface area contributed by atoms with E-state index in [9.17, 15) is 8.78 Å². The molecule has 0 amide bonds. The maximum absolute atomic E-state index is 13.7. The Balaban J connectivity index is 2.60. The highest BCUT2D eigenvalue weighted by Crippen LogP contribution is 2.21. The molecule has 0 aliphatic heterocycles. The van der Waals surface area contributed by atoms with Crippen LogP contribution in [0.1, 0.15) is 18.0 Å². The van der Waals surface area contributed by atoms with Gasteiger partial charge in [0.2, 0.25) is 0 Å². The van der Waals surface area contributed by atoms with Gasteiger partial charge in [-0.2, -0.15) is 11.8 Å². The summed E-state index contributed by atoms with van der Waals surface area (Å²) in [7, 11) is 3.82. The number of benzene rings is 1. The highest BCUT2D eigenvalue weighted by Gasteiger charge is 2.16. The van der Waals surface area contributed by atoms with Gasteiger partial charge in [-0.25, -0.2) is 8.78 Å². The van der Waals surface area contributed by atoms with Crippen molar-refractivity contribution in [2.75, 3.05) is 39.2 Å². The van der Waals surface area contributed by atoms with Gasteiger partial charge in [-0.15, -0.1) is 0 Å². The second-order valence-corrected chi connectivity index (χ2v) is 5.55. The Morgan fingerprint density at radius 1 is 1.32 bits per heavy atom. The summed E-state index contributed by atoms with van der Waals surface area (Å²) in [5.41, 5.74) is 0.403. The normalized spacial score (nSPS) is 12.9. The number of hydrogen-bond acceptors (Lipinski definition) is 3. The number of thioether (sulfide) groups is 1. The summed E-state index contributed by atoms with van der Waals surface area (Å²) < 4.78 is 27.0. The van der Waals surface area contributed by atoms with Crippen LogP contribution < -0.4 is 5.32 Å². The van der Waals surface area contributed by atoms with Crippen molar-refractivity contribution >= 4 is 11.8 Å². The predicted octanol–water partition coefficient (Wildman–Crippen LogP) is 2.91. The average Bonchev–Trinajstić information content (AvgIpc) is 2.41. The molecule has 1 unspecified atom stereocenters. The van der Waals surface area contributed by atoms with Gasteiger partial charge in [-0.1, -0.05) is 12.1 Å². The van der Waals surface area contributed by atoms with Crippen molar-refractivity contribution in [1.29, 1.82) is 0 Å². The van der Waals surface area contributed by atoms with Crippen LogP contribution in [-0.4, -0.2) is 44.1 Å². The molecule has 0 heterocycles. The number of halogens is 2. The van der Waals surface area contributed by atoms with Gasteiger partial charge in [0.05, 0.1) is 0 Å². The Morgan fingerprint density at radius 3 is 2.68 bits per heavy atom. The van der Waals surface area contributed by atoms with Gasteiger partial charge >= 0.3 is 0 Å². The smallest absolute Gasteiger partial charge is 0.163 e. The predicted molar refractivity (Wildman–Crippen MR) is 78.7 cm³/mol. The van der Waals surface area contributed by atoms with Crippen LogP contribution >= 0.6 is 11.8 Å². The molecule has 0 aromatic heterocycles. The lowest BCUT2D eigenvalue weighted by Gasteiger charge is -2.22. The van der Waals surface area contributed by atoms with Crippen LogP contribution in [-0.2, 0) is 0 Å². The molecular formula is C14H22F2N2S. The van der Waals surface area contributed by atoms with Gasteiger partial charge in [0.1, 0.15) is 0 Å². The summed E-state index contributed by atoms with van der Waals surface area (Å²) in [6.07, 6.45) is 2.83. The topological polar surface area (TPSA) is 15.3 Å². The second kappa shape index (κ2) is 8.51. The van der Waals surface area contributed by atoms with Crippen molar-refractivity contribution < 1.29 is 8.78 Å². The molecule has 1 atom stereocenters. The van der Waals surface area contributed by atoms with Crippen molar-refractivity contribution in [1.82, 2.24) is 10.2 Å². The third-order valence-electron chi connectivity index (χ3n) is 3.18. The minimum atomic E-state index is -0.784. The molecule has 0 radical (unpaired) electrons. The molecule has 0 aliphatic carbocycles. The third kappa shape index (κ3) is 5.09. The van der Waals surface area contributed by atoms with Gasteiger partial charge < -0.3 is 10.2 Å². The largest absolute Gasteiger partial charge is 0.313 e. The first kappa shape index (κ1) is 16.4. The molecule has 0 saturated heterocycles. The summed E-state index contributed by atoms with van der Waals surface area (Å²) in [5.74, 6) is -0.447. The molecule has 0 aliphatic rings. The summed E-state index contributed by atoms with van der Waals surface area (Å²) >= 11 is 1.80. The van der Waals surface area contributed by atoms with E-state index >= 15 is 0 Å². The van der Waals surface area contributed by atoms with Crippen LogP contribution in [0.5, 0.6) is 0 Å². The maximum Gasteiger partial charge on any atom is 0.163 e. The Hall–Kier alpha value is -0.650. The van der Waals surface area contributed by atoms with E-state index in [0.717, 1.165) is 31.3 Å². The van der Waals surface area contributed by atoms with Crippen molar-refractivity contribution in [3.63, 3.8) is 0 Å². The van der Waals surface area contributed by atoms with Gasteiger partial charge in [-0.3, -0.25) is 0 Å². The standard InChI is InChI=1S/C14H22F2N2S/c1-17-13(7-8-18(2)9-10-19-3)11-5-4-6-12(15)14(11)16/h4-6,13,17H,7-10H2,1-3H3. The van der Waals surface area contributed by atoms with Gasteiger partial charge in [0.25, 0.3) is 0 Å². The number of nitrogens with one attached hydrogen (secondary N) is 1. The third-order valence-corrected chi connectivity index (χ3v) is 3.77. The Kier molecular flexibility index (Phi) is 7.34. The Bertz CT molecular complexity index is 388. The highest BCUT2D eigenvalue weighted by atomic mass is 32.2. The molecular weight excluding hydrogens is 266 g/mol. The molecule has 1 aromatic rings. The fourth-order valence-electron chi connectivity index (χ4n) is 1.95. The van der Waals surface area contributed by atoms with Crippen LogP contribution in [0.4, 0.5) is 8.78 Å². The zero-order valence-corrected chi connectivity index (χ0v) is 12.6. The lowest BCUT2D eigenvalue weighted by atomic mass is 10.0. The quantitative estimate of drug-likeness (QED) is 0.792. The molecule has 1 N–H and O–H groups in total. The van der Waals surface area contributed by atoms with E-state index in [0.29, 0.717) is 5.56 Å². The van der Waals surface area contributed by atoms with E-state index in [1.54, 1.807) is 30.9 Å². The molecule has 0 saturated carbocycles. The maximum atomic E-state index is 13.7. The van der Waals surface area contributed by atoms with Crippen LogP contribution in [0.2, 0.25) is 0 Å². The fraction of sp³-hybridized carbons (Fsp3) is 0.571. The van der Waals surface area contributed by atoms with E-state index in [4.69, 9.17) is 0 Å². The fourth-order valence-corrected chi connectivity index (χ4v) is 2.45. The van der Waals surface area contributed by atoms with E-state index in [1.807, 2.05) is 7.05 Å². The first-order valence-electron chi connectivity index (χ1n) is 6.38. The van der Waals surface area contributed by atoms with Crippen LogP contribution in [0.3, 0.4) is 0 Å². The van der Waals surface area contributed by atoms with Crippen molar-refractivity contribution in [3.05, 3.63) is 35.4 Å². The van der Waals surface area contributed by atoms with Crippen molar-refractivity contribution in [2.45, 2.75) is 12.5 Å². The van der Waals surface area contributed by atoms with Crippen LogP contribution in [0, 0.1) is 11.6 Å². The number of rotatable bonds is 8. The highest BCUT2D eigenvalue weighted by molar-refractivity contribution is 7.98. The van der Waals surface area contributed by atoms with Gasteiger partial charge in [0.15, 0.2) is 11.6 Å². The Labute approximate surface area is 118 Å². The second-order valence-electron chi connectivity index (χ2n) is 4.57. The van der Waals surface area contributed by atoms with Crippen molar-refractivity contribution in [3.8, 4) is 0 Å². The molecule has 2 nitrogen and oxygen atoms in total. The Morgan fingerprint density at radius 2 is 2.05 bits per heavy atom. The molecule has 1 aromatic carbocycles. The van der Waals surface area contributed by atoms with E-state index in [-0.39, 0.29) is 6.04 Å². The van der Waals surface area contributed by atoms with Crippen LogP contribution in [0.15, 0.2) is 18.2 Å². The molecule has 0 spiro atoms. The molecule has 108 valence electrons. The lowest BCUT2D eigenvalue weighted by molar-refractivity contribution is 0.325. The lowest BCUT2D eigenvalue weighted by Crippen LogP contribution is -2.27. The van der Waals surface area contributed by atoms with E-state index in [1.165, 1.54) is 0 Å². The molecule has 0 fully saturated rings. The van der Waals surface area contributed by atoms with Crippen LogP contribution in [0.25, 0.3) is 0 Å².